The highest BCUT2D eigenvalue weighted by atomic mass is 19.4. The van der Waals surface area contributed by atoms with Crippen LogP contribution in [0.5, 0.6) is 5.75 Å². The first kappa shape index (κ1) is 14.0. The van der Waals surface area contributed by atoms with Crippen molar-refractivity contribution >= 4 is 11.7 Å². The molecule has 0 aromatic carbocycles. The average molecular weight is 265 g/mol. The monoisotopic (exact) mass is 265 g/mol. The van der Waals surface area contributed by atoms with Gasteiger partial charge in [-0.3, -0.25) is 9.78 Å². The van der Waals surface area contributed by atoms with Gasteiger partial charge in [0.05, 0.1) is 17.8 Å². The van der Waals surface area contributed by atoms with Crippen LogP contribution in [0.4, 0.5) is 18.9 Å². The van der Waals surface area contributed by atoms with E-state index >= 15 is 0 Å². The number of rotatable bonds is 4. The molecule has 0 bridgehead atoms. The van der Waals surface area contributed by atoms with E-state index in [1.807, 2.05) is 0 Å². The number of pyridine rings is 1. The molecule has 1 aromatic rings. The number of nitrogen functional groups attached to an aromatic ring is 1. The molecule has 1 aromatic heterocycles. The molecule has 100 valence electrons. The first-order chi connectivity index (χ1) is 8.24. The molecular weight excluding hydrogens is 255 g/mol. The lowest BCUT2D eigenvalue weighted by Gasteiger charge is -2.15. The highest BCUT2D eigenvalue weighted by Crippen LogP contribution is 2.33. The number of aliphatic carboxylic acids is 1. The summed E-state index contributed by atoms with van der Waals surface area (Å²) in [6, 6.07) is 0. The van der Waals surface area contributed by atoms with Gasteiger partial charge in [-0.2, -0.15) is 0 Å². The molecule has 0 saturated carbocycles. The molecule has 5 N–H and O–H groups in total. The summed E-state index contributed by atoms with van der Waals surface area (Å²) in [5.41, 5.74) is 9.90. The van der Waals surface area contributed by atoms with Crippen LogP contribution in [0, 0.1) is 0 Å². The molecule has 0 atom stereocenters. The fourth-order valence-corrected chi connectivity index (χ4v) is 1.25. The SMILES string of the molecule is NCc1cnc(CC(=O)O)c(N)c1OC(F)(F)F. The number of nitrogens with two attached hydrogens (primary N) is 2. The predicted molar refractivity (Wildman–Crippen MR) is 54.6 cm³/mol. The number of hydrogen-bond donors (Lipinski definition) is 3. The summed E-state index contributed by atoms with van der Waals surface area (Å²) in [6.07, 6.45) is -4.54. The number of halogens is 3. The molecule has 0 radical (unpaired) electrons. The molecule has 0 aliphatic heterocycles. The van der Waals surface area contributed by atoms with Crippen molar-refractivity contribution in [1.82, 2.24) is 4.98 Å². The maximum Gasteiger partial charge on any atom is 0.573 e. The van der Waals surface area contributed by atoms with Gasteiger partial charge < -0.3 is 21.3 Å². The molecule has 0 aliphatic carbocycles. The minimum absolute atomic E-state index is 0.0565. The number of alkyl halides is 3. The van der Waals surface area contributed by atoms with Gasteiger partial charge in [0.25, 0.3) is 0 Å². The summed E-state index contributed by atoms with van der Waals surface area (Å²) in [5.74, 6) is -1.97. The lowest BCUT2D eigenvalue weighted by molar-refractivity contribution is -0.274. The molecule has 0 saturated heterocycles. The average Bonchev–Trinajstić information content (AvgIpc) is 2.22. The van der Waals surface area contributed by atoms with E-state index in [1.165, 1.54) is 0 Å². The number of anilines is 1. The van der Waals surface area contributed by atoms with Crippen LogP contribution in [0.2, 0.25) is 0 Å². The number of nitrogens with zero attached hydrogens (tertiary/aromatic N) is 1. The van der Waals surface area contributed by atoms with Gasteiger partial charge >= 0.3 is 12.3 Å². The van der Waals surface area contributed by atoms with Crippen molar-refractivity contribution in [3.63, 3.8) is 0 Å². The van der Waals surface area contributed by atoms with Gasteiger partial charge in [-0.1, -0.05) is 0 Å². The third-order valence-corrected chi connectivity index (χ3v) is 1.98. The van der Waals surface area contributed by atoms with Crippen LogP contribution in [-0.4, -0.2) is 22.4 Å². The minimum atomic E-state index is -4.94. The lowest BCUT2D eigenvalue weighted by atomic mass is 10.1. The van der Waals surface area contributed by atoms with Crippen molar-refractivity contribution in [2.45, 2.75) is 19.3 Å². The Labute approximate surface area is 99.4 Å². The molecule has 1 heterocycles. The maximum atomic E-state index is 12.2. The van der Waals surface area contributed by atoms with Crippen molar-refractivity contribution in [1.29, 1.82) is 0 Å². The van der Waals surface area contributed by atoms with Gasteiger partial charge in [0.1, 0.15) is 0 Å². The molecule has 1 rings (SSSR count). The zero-order valence-corrected chi connectivity index (χ0v) is 8.99. The maximum absolute atomic E-state index is 12.2. The van der Waals surface area contributed by atoms with Crippen molar-refractivity contribution in [3.8, 4) is 5.75 Å². The standard InChI is InChI=1S/C9H10F3N3O3/c10-9(11,12)18-8-4(2-13)3-15-5(7(8)14)1-6(16)17/h3H,1-2,13-14H2,(H,16,17). The number of hydrogen-bond acceptors (Lipinski definition) is 5. The molecule has 18 heavy (non-hydrogen) atoms. The second-order valence-electron chi connectivity index (χ2n) is 3.30. The highest BCUT2D eigenvalue weighted by molar-refractivity contribution is 5.73. The van der Waals surface area contributed by atoms with Crippen LogP contribution >= 0.6 is 0 Å². The number of carbonyl (C=O) groups is 1. The van der Waals surface area contributed by atoms with E-state index in [0.29, 0.717) is 0 Å². The summed E-state index contributed by atoms with van der Waals surface area (Å²) in [6.45, 7) is -0.268. The number of carboxylic acid groups (broad SMARTS) is 1. The van der Waals surface area contributed by atoms with Gasteiger partial charge in [0.2, 0.25) is 0 Å². The van der Waals surface area contributed by atoms with E-state index in [-0.39, 0.29) is 17.8 Å². The van der Waals surface area contributed by atoms with Gasteiger partial charge in [0.15, 0.2) is 5.75 Å². The Hall–Kier alpha value is -2.03. The quantitative estimate of drug-likeness (QED) is 0.736. The van der Waals surface area contributed by atoms with Gasteiger partial charge in [-0.05, 0) is 0 Å². The molecular formula is C9H10F3N3O3. The van der Waals surface area contributed by atoms with Gasteiger partial charge in [0, 0.05) is 18.3 Å². The summed E-state index contributed by atoms with van der Waals surface area (Å²) >= 11 is 0. The Kier molecular flexibility index (Phi) is 3.96. The van der Waals surface area contributed by atoms with E-state index in [4.69, 9.17) is 16.6 Å². The molecule has 9 heteroatoms. The van der Waals surface area contributed by atoms with Crippen molar-refractivity contribution in [3.05, 3.63) is 17.5 Å². The molecule has 0 aliphatic rings. The van der Waals surface area contributed by atoms with Crippen LogP contribution in [-0.2, 0) is 17.8 Å². The Balaban J connectivity index is 3.22. The first-order valence-electron chi connectivity index (χ1n) is 4.68. The summed E-state index contributed by atoms with van der Waals surface area (Å²) in [4.78, 5) is 14.1. The van der Waals surface area contributed by atoms with Crippen molar-refractivity contribution in [2.75, 3.05) is 5.73 Å². The fourth-order valence-electron chi connectivity index (χ4n) is 1.25. The first-order valence-corrected chi connectivity index (χ1v) is 4.68. The van der Waals surface area contributed by atoms with Gasteiger partial charge in [-0.15, -0.1) is 13.2 Å². The zero-order valence-electron chi connectivity index (χ0n) is 8.99. The lowest BCUT2D eigenvalue weighted by Crippen LogP contribution is -2.21. The largest absolute Gasteiger partial charge is 0.573 e. The van der Waals surface area contributed by atoms with Crippen molar-refractivity contribution in [2.24, 2.45) is 5.73 Å². The van der Waals surface area contributed by atoms with E-state index in [2.05, 4.69) is 9.72 Å². The third-order valence-electron chi connectivity index (χ3n) is 1.98. The Bertz CT molecular complexity index is 462. The summed E-state index contributed by atoms with van der Waals surface area (Å²) in [5, 5.41) is 8.56. The predicted octanol–water partition coefficient (Wildman–Crippen LogP) is 0.648. The van der Waals surface area contributed by atoms with Crippen molar-refractivity contribution < 1.29 is 27.8 Å². The van der Waals surface area contributed by atoms with E-state index in [1.54, 1.807) is 0 Å². The molecule has 0 fully saturated rings. The van der Waals surface area contributed by atoms with Crippen LogP contribution in [0.25, 0.3) is 0 Å². The number of aromatic nitrogens is 1. The second kappa shape index (κ2) is 5.08. The van der Waals surface area contributed by atoms with E-state index in [9.17, 15) is 18.0 Å². The van der Waals surface area contributed by atoms with E-state index < -0.39 is 30.2 Å². The second-order valence-corrected chi connectivity index (χ2v) is 3.30. The number of ether oxygens (including phenoxy) is 1. The Morgan fingerprint density at radius 1 is 1.50 bits per heavy atom. The minimum Gasteiger partial charge on any atom is -0.481 e. The Morgan fingerprint density at radius 3 is 2.56 bits per heavy atom. The topological polar surface area (TPSA) is 111 Å². The van der Waals surface area contributed by atoms with Gasteiger partial charge in [-0.25, -0.2) is 0 Å². The summed E-state index contributed by atoms with van der Waals surface area (Å²) in [7, 11) is 0. The van der Waals surface area contributed by atoms with Crippen LogP contribution in [0.1, 0.15) is 11.3 Å². The highest BCUT2D eigenvalue weighted by Gasteiger charge is 2.33. The third kappa shape index (κ3) is 3.48. The normalized spacial score (nSPS) is 11.3. The molecule has 0 amide bonds. The smallest absolute Gasteiger partial charge is 0.481 e. The zero-order chi connectivity index (χ0) is 13.9. The Morgan fingerprint density at radius 2 is 2.11 bits per heavy atom. The van der Waals surface area contributed by atoms with E-state index in [0.717, 1.165) is 6.20 Å². The molecule has 0 unspecified atom stereocenters. The fraction of sp³-hybridized carbons (Fsp3) is 0.333. The number of carboxylic acids is 1. The van der Waals surface area contributed by atoms with Crippen LogP contribution in [0.3, 0.4) is 0 Å². The van der Waals surface area contributed by atoms with Crippen LogP contribution < -0.4 is 16.2 Å². The summed E-state index contributed by atoms with van der Waals surface area (Å²) < 4.78 is 40.3. The molecule has 6 nitrogen and oxygen atoms in total. The van der Waals surface area contributed by atoms with Crippen LogP contribution in [0.15, 0.2) is 6.20 Å². The molecule has 0 spiro atoms.